The summed E-state index contributed by atoms with van der Waals surface area (Å²) in [6.45, 7) is 11.3. The van der Waals surface area contributed by atoms with Crippen molar-refractivity contribution in [2.75, 3.05) is 64.4 Å². The van der Waals surface area contributed by atoms with Gasteiger partial charge in [-0.25, -0.2) is 8.78 Å². The number of benzene rings is 1. The molecule has 2 unspecified atom stereocenters. The fourth-order valence-electron chi connectivity index (χ4n) is 4.27. The van der Waals surface area contributed by atoms with Gasteiger partial charge in [-0.1, -0.05) is 13.8 Å². The molecule has 2 N–H and O–H groups in total. The van der Waals surface area contributed by atoms with Crippen molar-refractivity contribution in [3.05, 3.63) is 29.8 Å². The highest BCUT2D eigenvalue weighted by atomic mass is 19.2. The van der Waals surface area contributed by atoms with E-state index in [1.54, 1.807) is 13.1 Å². The number of nitrogens with one attached hydrogen (secondary N) is 2. The van der Waals surface area contributed by atoms with E-state index >= 15 is 0 Å². The fraction of sp³-hybridized carbons (Fsp3) is 0.682. The van der Waals surface area contributed by atoms with Crippen LogP contribution in [0.4, 0.5) is 14.5 Å². The van der Waals surface area contributed by atoms with Crippen LogP contribution in [0.15, 0.2) is 23.2 Å². The van der Waals surface area contributed by atoms with E-state index in [4.69, 9.17) is 4.74 Å². The first-order chi connectivity index (χ1) is 14.5. The molecule has 8 heteroatoms. The minimum Gasteiger partial charge on any atom is -0.379 e. The third kappa shape index (κ3) is 6.04. The van der Waals surface area contributed by atoms with Gasteiger partial charge in [-0.15, -0.1) is 0 Å². The number of hydrogen-bond donors (Lipinski definition) is 2. The molecule has 3 rings (SSSR count). The van der Waals surface area contributed by atoms with E-state index in [1.165, 1.54) is 12.1 Å². The van der Waals surface area contributed by atoms with Crippen LogP contribution in [0.25, 0.3) is 0 Å². The molecule has 0 amide bonds. The Morgan fingerprint density at radius 2 is 1.93 bits per heavy atom. The lowest BCUT2D eigenvalue weighted by molar-refractivity contribution is 0.00752. The van der Waals surface area contributed by atoms with Gasteiger partial charge in [-0.05, 0) is 30.4 Å². The Kier molecular flexibility index (Phi) is 8.27. The molecule has 0 radical (unpaired) electrons. The van der Waals surface area contributed by atoms with Crippen molar-refractivity contribution in [2.45, 2.75) is 26.3 Å². The minimum absolute atomic E-state index is 0.428. The Morgan fingerprint density at radius 3 is 2.60 bits per heavy atom. The summed E-state index contributed by atoms with van der Waals surface area (Å²) in [7, 11) is 1.79. The fourth-order valence-corrected chi connectivity index (χ4v) is 4.27. The lowest BCUT2D eigenvalue weighted by Crippen LogP contribution is -2.52. The maximum Gasteiger partial charge on any atom is 0.191 e. The monoisotopic (exact) mass is 423 g/mol. The summed E-state index contributed by atoms with van der Waals surface area (Å²) in [6.07, 6.45) is 1.01. The SMILES string of the molecule is CN=C(NCC1CCN(c2ccc(F)c(F)c2)C1)NCC(C(C)C)N1CCOCC1. The van der Waals surface area contributed by atoms with Crippen LogP contribution in [0.3, 0.4) is 0 Å². The number of halogens is 2. The second-order valence-corrected chi connectivity index (χ2v) is 8.49. The summed E-state index contributed by atoms with van der Waals surface area (Å²) in [5.74, 6) is 0.173. The predicted molar refractivity (Wildman–Crippen MR) is 117 cm³/mol. The molecule has 0 aliphatic carbocycles. The maximum absolute atomic E-state index is 13.5. The Labute approximate surface area is 178 Å². The van der Waals surface area contributed by atoms with Crippen LogP contribution >= 0.6 is 0 Å². The van der Waals surface area contributed by atoms with Crippen molar-refractivity contribution in [2.24, 2.45) is 16.8 Å². The van der Waals surface area contributed by atoms with Gasteiger partial charge in [0.15, 0.2) is 17.6 Å². The summed E-state index contributed by atoms with van der Waals surface area (Å²) >= 11 is 0. The van der Waals surface area contributed by atoms with Gasteiger partial charge in [-0.3, -0.25) is 9.89 Å². The van der Waals surface area contributed by atoms with Gasteiger partial charge in [0, 0.05) is 64.1 Å². The Balaban J connectivity index is 1.45. The average Bonchev–Trinajstić information content (AvgIpc) is 3.22. The van der Waals surface area contributed by atoms with Crippen LogP contribution in [0.1, 0.15) is 20.3 Å². The standard InChI is InChI=1S/C22H35F2N5O/c1-16(2)21(28-8-10-30-11-9-28)14-27-22(25-3)26-13-17-6-7-29(15-17)18-4-5-19(23)20(24)12-18/h4-5,12,16-17,21H,6-11,13-15H2,1-3H3,(H2,25,26,27). The molecule has 2 saturated heterocycles. The van der Waals surface area contributed by atoms with Gasteiger partial charge >= 0.3 is 0 Å². The molecule has 0 saturated carbocycles. The molecule has 168 valence electrons. The number of rotatable bonds is 7. The zero-order chi connectivity index (χ0) is 21.5. The van der Waals surface area contributed by atoms with Gasteiger partial charge in [-0.2, -0.15) is 0 Å². The van der Waals surface area contributed by atoms with Crippen molar-refractivity contribution >= 4 is 11.6 Å². The molecule has 0 bridgehead atoms. The topological polar surface area (TPSA) is 52.1 Å². The predicted octanol–water partition coefficient (Wildman–Crippen LogP) is 2.31. The van der Waals surface area contributed by atoms with E-state index in [1.807, 2.05) is 0 Å². The van der Waals surface area contributed by atoms with Crippen LogP contribution in [0, 0.1) is 23.5 Å². The largest absolute Gasteiger partial charge is 0.379 e. The van der Waals surface area contributed by atoms with Crippen LogP contribution < -0.4 is 15.5 Å². The van der Waals surface area contributed by atoms with E-state index < -0.39 is 11.6 Å². The molecule has 2 fully saturated rings. The van der Waals surface area contributed by atoms with Crippen molar-refractivity contribution in [1.29, 1.82) is 0 Å². The number of aliphatic imine (C=N–C) groups is 1. The normalized spacial score (nSPS) is 21.9. The minimum atomic E-state index is -0.803. The van der Waals surface area contributed by atoms with Crippen LogP contribution in [-0.4, -0.2) is 76.4 Å². The van der Waals surface area contributed by atoms with E-state index in [0.717, 1.165) is 70.6 Å². The number of anilines is 1. The van der Waals surface area contributed by atoms with Gasteiger partial charge in [0.1, 0.15) is 0 Å². The number of nitrogens with zero attached hydrogens (tertiary/aromatic N) is 3. The average molecular weight is 424 g/mol. The number of ether oxygens (including phenoxy) is 1. The smallest absolute Gasteiger partial charge is 0.191 e. The van der Waals surface area contributed by atoms with Crippen LogP contribution in [-0.2, 0) is 4.74 Å². The van der Waals surface area contributed by atoms with Crippen molar-refractivity contribution in [3.63, 3.8) is 0 Å². The molecule has 1 aromatic rings. The molecule has 2 aliphatic heterocycles. The number of hydrogen-bond acceptors (Lipinski definition) is 4. The first-order valence-electron chi connectivity index (χ1n) is 10.9. The van der Waals surface area contributed by atoms with E-state index in [9.17, 15) is 8.78 Å². The van der Waals surface area contributed by atoms with Gasteiger partial charge in [0.05, 0.1) is 13.2 Å². The molecular formula is C22H35F2N5O. The Morgan fingerprint density at radius 1 is 1.17 bits per heavy atom. The third-order valence-corrected chi connectivity index (χ3v) is 6.10. The number of guanidine groups is 1. The number of morpholine rings is 1. The van der Waals surface area contributed by atoms with E-state index in [-0.39, 0.29) is 0 Å². The summed E-state index contributed by atoms with van der Waals surface area (Å²) < 4.78 is 32.2. The molecule has 2 atom stereocenters. The summed E-state index contributed by atoms with van der Waals surface area (Å²) in [5.41, 5.74) is 0.740. The molecule has 1 aromatic carbocycles. The second-order valence-electron chi connectivity index (χ2n) is 8.49. The lowest BCUT2D eigenvalue weighted by atomic mass is 10.0. The first-order valence-corrected chi connectivity index (χ1v) is 10.9. The molecule has 2 aliphatic rings. The molecular weight excluding hydrogens is 388 g/mol. The van der Waals surface area contributed by atoms with E-state index in [0.29, 0.717) is 17.9 Å². The highest BCUT2D eigenvalue weighted by Crippen LogP contribution is 2.25. The molecule has 30 heavy (non-hydrogen) atoms. The maximum atomic E-state index is 13.5. The zero-order valence-corrected chi connectivity index (χ0v) is 18.3. The molecule has 0 aromatic heterocycles. The zero-order valence-electron chi connectivity index (χ0n) is 18.3. The van der Waals surface area contributed by atoms with Crippen LogP contribution in [0.5, 0.6) is 0 Å². The molecule has 2 heterocycles. The molecule has 6 nitrogen and oxygen atoms in total. The highest BCUT2D eigenvalue weighted by Gasteiger charge is 2.25. The summed E-state index contributed by atoms with van der Waals surface area (Å²) in [6, 6.07) is 4.56. The van der Waals surface area contributed by atoms with Gasteiger partial charge < -0.3 is 20.3 Å². The van der Waals surface area contributed by atoms with Gasteiger partial charge in [0.2, 0.25) is 0 Å². The summed E-state index contributed by atoms with van der Waals surface area (Å²) in [4.78, 5) is 8.97. The third-order valence-electron chi connectivity index (χ3n) is 6.10. The van der Waals surface area contributed by atoms with Crippen molar-refractivity contribution < 1.29 is 13.5 Å². The van der Waals surface area contributed by atoms with Crippen molar-refractivity contribution in [1.82, 2.24) is 15.5 Å². The van der Waals surface area contributed by atoms with Gasteiger partial charge in [0.25, 0.3) is 0 Å². The van der Waals surface area contributed by atoms with Crippen molar-refractivity contribution in [3.8, 4) is 0 Å². The first kappa shape index (κ1) is 22.7. The van der Waals surface area contributed by atoms with E-state index in [2.05, 4.69) is 39.3 Å². The van der Waals surface area contributed by atoms with Crippen LogP contribution in [0.2, 0.25) is 0 Å². The summed E-state index contributed by atoms with van der Waals surface area (Å²) in [5, 5.41) is 6.92. The highest BCUT2D eigenvalue weighted by molar-refractivity contribution is 5.79. The molecule has 0 spiro atoms. The Bertz CT molecular complexity index is 709. The lowest BCUT2D eigenvalue weighted by Gasteiger charge is -2.37. The second kappa shape index (κ2) is 10.9. The Hall–Kier alpha value is -1.93. The quantitative estimate of drug-likeness (QED) is 0.521.